The first-order valence-corrected chi connectivity index (χ1v) is 7.54. The Morgan fingerprint density at radius 3 is 2.41 bits per heavy atom. The zero-order valence-corrected chi connectivity index (χ0v) is 13.4. The maximum Gasteiger partial charge on any atom is 0.387 e. The fourth-order valence-electron chi connectivity index (χ4n) is 2.17. The van der Waals surface area contributed by atoms with Gasteiger partial charge in [0.05, 0.1) is 5.56 Å². The molecule has 2 rings (SSSR count). The number of halogens is 2. The van der Waals surface area contributed by atoms with E-state index in [1.165, 1.54) is 12.1 Å². The lowest BCUT2D eigenvalue weighted by Crippen LogP contribution is -2.26. The van der Waals surface area contributed by atoms with Gasteiger partial charge in [-0.05, 0) is 37.6 Å². The first-order valence-electron chi connectivity index (χ1n) is 6.73. The van der Waals surface area contributed by atoms with E-state index in [0.717, 1.165) is 15.3 Å². The number of carbonyl (C=O) groups is 1. The molecule has 0 N–H and O–H groups in total. The van der Waals surface area contributed by atoms with E-state index in [4.69, 9.17) is 0 Å². The fourth-order valence-corrected chi connectivity index (χ4v) is 3.09. The molecule has 1 aromatic heterocycles. The SMILES string of the molecule is Cc1cc(C(=O)N(C)Cc2ccc(OC(F)F)cc2)c(C)s1. The summed E-state index contributed by atoms with van der Waals surface area (Å²) in [6.45, 7) is 1.47. The Kier molecular flexibility index (Phi) is 5.13. The second-order valence-electron chi connectivity index (χ2n) is 5.01. The molecule has 22 heavy (non-hydrogen) atoms. The highest BCUT2D eigenvalue weighted by Crippen LogP contribution is 2.22. The highest BCUT2D eigenvalue weighted by Gasteiger charge is 2.16. The molecule has 6 heteroatoms. The number of amides is 1. The van der Waals surface area contributed by atoms with E-state index in [-0.39, 0.29) is 11.7 Å². The van der Waals surface area contributed by atoms with Crippen LogP contribution in [0.4, 0.5) is 8.78 Å². The number of hydrogen-bond acceptors (Lipinski definition) is 3. The third kappa shape index (κ3) is 4.04. The predicted octanol–water partition coefficient (Wildman–Crippen LogP) is 4.24. The molecule has 0 unspecified atom stereocenters. The smallest absolute Gasteiger partial charge is 0.387 e. The van der Waals surface area contributed by atoms with Gasteiger partial charge in [-0.3, -0.25) is 4.79 Å². The van der Waals surface area contributed by atoms with Crippen molar-refractivity contribution in [3.05, 3.63) is 51.2 Å². The molecule has 2 aromatic rings. The summed E-state index contributed by atoms with van der Waals surface area (Å²) in [5.41, 5.74) is 1.56. The van der Waals surface area contributed by atoms with Crippen LogP contribution in [-0.2, 0) is 6.54 Å². The van der Waals surface area contributed by atoms with E-state index in [0.29, 0.717) is 12.1 Å². The van der Waals surface area contributed by atoms with Gasteiger partial charge in [-0.25, -0.2) is 0 Å². The van der Waals surface area contributed by atoms with Crippen molar-refractivity contribution in [2.24, 2.45) is 0 Å². The molecule has 0 radical (unpaired) electrons. The number of hydrogen-bond donors (Lipinski definition) is 0. The third-order valence-corrected chi connectivity index (χ3v) is 4.15. The van der Waals surface area contributed by atoms with Crippen LogP contribution in [-0.4, -0.2) is 24.5 Å². The Morgan fingerprint density at radius 1 is 1.27 bits per heavy atom. The second-order valence-corrected chi connectivity index (χ2v) is 6.47. The van der Waals surface area contributed by atoms with Crippen LogP contribution in [0.15, 0.2) is 30.3 Å². The summed E-state index contributed by atoms with van der Waals surface area (Å²) in [4.78, 5) is 16.1. The van der Waals surface area contributed by atoms with Gasteiger partial charge in [0, 0.05) is 23.3 Å². The number of aryl methyl sites for hydroxylation is 2. The standard InChI is InChI=1S/C16H17F2NO2S/c1-10-8-14(11(2)22-10)15(20)19(3)9-12-4-6-13(7-5-12)21-16(17)18/h4-8,16H,9H2,1-3H3. The largest absolute Gasteiger partial charge is 0.435 e. The van der Waals surface area contributed by atoms with E-state index in [1.54, 1.807) is 35.4 Å². The van der Waals surface area contributed by atoms with Crippen LogP contribution in [0.5, 0.6) is 5.75 Å². The number of nitrogens with zero attached hydrogens (tertiary/aromatic N) is 1. The third-order valence-electron chi connectivity index (χ3n) is 3.19. The molecule has 118 valence electrons. The number of rotatable bonds is 5. The lowest BCUT2D eigenvalue weighted by molar-refractivity contribution is -0.0498. The summed E-state index contributed by atoms with van der Waals surface area (Å²) in [6.07, 6.45) is 0. The number of benzene rings is 1. The molecule has 3 nitrogen and oxygen atoms in total. The van der Waals surface area contributed by atoms with Gasteiger partial charge in [-0.2, -0.15) is 8.78 Å². The molecule has 1 aromatic carbocycles. The molecule has 0 atom stereocenters. The van der Waals surface area contributed by atoms with Gasteiger partial charge < -0.3 is 9.64 Å². The summed E-state index contributed by atoms with van der Waals surface area (Å²) < 4.78 is 28.5. The average Bonchev–Trinajstić information content (AvgIpc) is 2.78. The Morgan fingerprint density at radius 2 is 1.91 bits per heavy atom. The Hall–Kier alpha value is -1.95. The molecular weight excluding hydrogens is 308 g/mol. The summed E-state index contributed by atoms with van der Waals surface area (Å²) >= 11 is 1.59. The van der Waals surface area contributed by atoms with E-state index in [9.17, 15) is 13.6 Å². The van der Waals surface area contributed by atoms with E-state index in [1.807, 2.05) is 19.9 Å². The van der Waals surface area contributed by atoms with Crippen molar-refractivity contribution in [1.82, 2.24) is 4.90 Å². The molecular formula is C16H17F2NO2S. The van der Waals surface area contributed by atoms with Gasteiger partial charge in [0.2, 0.25) is 0 Å². The molecule has 0 saturated carbocycles. The molecule has 0 aliphatic rings. The predicted molar refractivity (Wildman–Crippen MR) is 82.7 cm³/mol. The van der Waals surface area contributed by atoms with Crippen LogP contribution < -0.4 is 4.74 Å². The number of ether oxygens (including phenoxy) is 1. The fraction of sp³-hybridized carbons (Fsp3) is 0.312. The Labute approximate surface area is 132 Å². The number of thiophene rings is 1. The number of alkyl halides is 2. The molecule has 0 spiro atoms. The quantitative estimate of drug-likeness (QED) is 0.823. The molecule has 0 aliphatic heterocycles. The van der Waals surface area contributed by atoms with Crippen LogP contribution in [0.25, 0.3) is 0 Å². The van der Waals surface area contributed by atoms with Crippen molar-refractivity contribution in [3.63, 3.8) is 0 Å². The van der Waals surface area contributed by atoms with Crippen molar-refractivity contribution in [2.45, 2.75) is 27.0 Å². The van der Waals surface area contributed by atoms with Crippen LogP contribution >= 0.6 is 11.3 Å². The topological polar surface area (TPSA) is 29.5 Å². The summed E-state index contributed by atoms with van der Waals surface area (Å²) in [5, 5.41) is 0. The van der Waals surface area contributed by atoms with Gasteiger partial charge in [0.25, 0.3) is 5.91 Å². The van der Waals surface area contributed by atoms with Gasteiger partial charge >= 0.3 is 6.61 Å². The molecule has 0 fully saturated rings. The first-order chi connectivity index (χ1) is 10.4. The molecule has 1 heterocycles. The highest BCUT2D eigenvalue weighted by molar-refractivity contribution is 7.12. The Bertz CT molecular complexity index is 653. The Balaban J connectivity index is 2.03. The van der Waals surface area contributed by atoms with Gasteiger partial charge in [0.15, 0.2) is 0 Å². The first kappa shape index (κ1) is 16.4. The zero-order valence-electron chi connectivity index (χ0n) is 12.6. The molecule has 0 aliphatic carbocycles. The highest BCUT2D eigenvalue weighted by atomic mass is 32.1. The van der Waals surface area contributed by atoms with E-state index < -0.39 is 6.61 Å². The average molecular weight is 325 g/mol. The lowest BCUT2D eigenvalue weighted by atomic mass is 10.2. The van der Waals surface area contributed by atoms with Crippen molar-refractivity contribution in [2.75, 3.05) is 7.05 Å². The minimum atomic E-state index is -2.83. The van der Waals surface area contributed by atoms with Crippen molar-refractivity contribution < 1.29 is 18.3 Å². The molecule has 1 amide bonds. The zero-order chi connectivity index (χ0) is 16.3. The normalized spacial score (nSPS) is 10.8. The van der Waals surface area contributed by atoms with Gasteiger partial charge in [-0.1, -0.05) is 12.1 Å². The van der Waals surface area contributed by atoms with Gasteiger partial charge in [0.1, 0.15) is 5.75 Å². The molecule has 0 bridgehead atoms. The maximum atomic E-state index is 12.4. The summed E-state index contributed by atoms with van der Waals surface area (Å²) in [7, 11) is 1.72. The van der Waals surface area contributed by atoms with Gasteiger partial charge in [-0.15, -0.1) is 11.3 Å². The second kappa shape index (κ2) is 6.87. The minimum Gasteiger partial charge on any atom is -0.435 e. The van der Waals surface area contributed by atoms with E-state index >= 15 is 0 Å². The van der Waals surface area contributed by atoms with Crippen molar-refractivity contribution in [1.29, 1.82) is 0 Å². The van der Waals surface area contributed by atoms with Crippen molar-refractivity contribution >= 4 is 17.2 Å². The van der Waals surface area contributed by atoms with Crippen LogP contribution in [0.3, 0.4) is 0 Å². The lowest BCUT2D eigenvalue weighted by Gasteiger charge is -2.17. The van der Waals surface area contributed by atoms with Crippen LogP contribution in [0, 0.1) is 13.8 Å². The molecule has 0 saturated heterocycles. The van der Waals surface area contributed by atoms with Crippen LogP contribution in [0.2, 0.25) is 0 Å². The maximum absolute atomic E-state index is 12.4. The van der Waals surface area contributed by atoms with E-state index in [2.05, 4.69) is 4.74 Å². The van der Waals surface area contributed by atoms with Crippen molar-refractivity contribution in [3.8, 4) is 5.75 Å². The minimum absolute atomic E-state index is 0.0465. The number of carbonyl (C=O) groups excluding carboxylic acids is 1. The summed E-state index contributed by atoms with van der Waals surface area (Å²) in [5.74, 6) is 0.0618. The summed E-state index contributed by atoms with van der Waals surface area (Å²) in [6, 6.07) is 8.18. The van der Waals surface area contributed by atoms with Crippen LogP contribution in [0.1, 0.15) is 25.7 Å². The monoisotopic (exact) mass is 325 g/mol.